The number of hydrogen-bond acceptors (Lipinski definition) is 4. The maximum absolute atomic E-state index is 10.9. The van der Waals surface area contributed by atoms with Crippen molar-refractivity contribution in [2.45, 2.75) is 18.4 Å². The van der Waals surface area contributed by atoms with Crippen molar-refractivity contribution < 1.29 is 24.1 Å². The maximum Gasteiger partial charge on any atom is 0.306 e. The van der Waals surface area contributed by atoms with Crippen LogP contribution in [0.25, 0.3) is 0 Å². The van der Waals surface area contributed by atoms with E-state index in [4.69, 9.17) is 19.3 Å². The van der Waals surface area contributed by atoms with Crippen molar-refractivity contribution in [3.8, 4) is 11.5 Å². The zero-order valence-corrected chi connectivity index (χ0v) is 9.85. The smallest absolute Gasteiger partial charge is 0.306 e. The monoisotopic (exact) mass is 250 g/mol. The third kappa shape index (κ3) is 1.80. The Morgan fingerprint density at radius 2 is 1.94 bits per heavy atom. The Morgan fingerprint density at radius 3 is 2.56 bits per heavy atom. The molecule has 0 aromatic heterocycles. The highest BCUT2D eigenvalue weighted by molar-refractivity contribution is 5.69. The van der Waals surface area contributed by atoms with Crippen LogP contribution in [0.1, 0.15) is 18.4 Å². The number of rotatable bonds is 3. The van der Waals surface area contributed by atoms with E-state index in [9.17, 15) is 4.79 Å². The fourth-order valence-electron chi connectivity index (χ4n) is 2.39. The average molecular weight is 250 g/mol. The molecule has 0 radical (unpaired) electrons. The minimum absolute atomic E-state index is 0.0212. The highest BCUT2D eigenvalue weighted by Gasteiger charge is 2.42. The summed E-state index contributed by atoms with van der Waals surface area (Å²) in [5, 5.41) is 8.98. The van der Waals surface area contributed by atoms with Crippen molar-refractivity contribution in [2.24, 2.45) is 0 Å². The summed E-state index contributed by atoms with van der Waals surface area (Å²) in [6.45, 7) is 1.66. The molecule has 0 spiro atoms. The fraction of sp³-hybridized carbons (Fsp3) is 0.462. The van der Waals surface area contributed by atoms with E-state index >= 15 is 0 Å². The van der Waals surface area contributed by atoms with Crippen LogP contribution in [-0.4, -0.2) is 30.9 Å². The SMILES string of the molecule is O=C(O)CC1(c2ccc3c(c2)OCCO3)CCO1. The normalized spacial score (nSPS) is 25.3. The van der Waals surface area contributed by atoms with Crippen LogP contribution in [-0.2, 0) is 15.1 Å². The fourth-order valence-corrected chi connectivity index (χ4v) is 2.39. The van der Waals surface area contributed by atoms with E-state index in [1.807, 2.05) is 18.2 Å². The number of carboxylic acid groups (broad SMARTS) is 1. The molecule has 1 aromatic rings. The number of hydrogen-bond donors (Lipinski definition) is 1. The van der Waals surface area contributed by atoms with Crippen LogP contribution in [0.5, 0.6) is 11.5 Å². The maximum atomic E-state index is 10.9. The van der Waals surface area contributed by atoms with Crippen LogP contribution in [0.2, 0.25) is 0 Å². The summed E-state index contributed by atoms with van der Waals surface area (Å²) in [7, 11) is 0. The van der Waals surface area contributed by atoms with E-state index in [1.54, 1.807) is 0 Å². The lowest BCUT2D eigenvalue weighted by Gasteiger charge is -2.41. The molecule has 0 aliphatic carbocycles. The van der Waals surface area contributed by atoms with Gasteiger partial charge in [0.2, 0.25) is 0 Å². The Kier molecular flexibility index (Phi) is 2.63. The Balaban J connectivity index is 1.93. The molecule has 1 fully saturated rings. The van der Waals surface area contributed by atoms with Crippen LogP contribution in [0.3, 0.4) is 0 Å². The molecular formula is C13H14O5. The van der Waals surface area contributed by atoms with E-state index in [2.05, 4.69) is 0 Å². The lowest BCUT2D eigenvalue weighted by molar-refractivity contribution is -0.176. The number of fused-ring (bicyclic) bond motifs is 1. The van der Waals surface area contributed by atoms with Gasteiger partial charge >= 0.3 is 5.97 Å². The Morgan fingerprint density at radius 1 is 1.22 bits per heavy atom. The molecule has 3 rings (SSSR count). The molecule has 2 heterocycles. The molecule has 96 valence electrons. The average Bonchev–Trinajstić information content (AvgIpc) is 2.33. The van der Waals surface area contributed by atoms with Crippen LogP contribution in [0.4, 0.5) is 0 Å². The van der Waals surface area contributed by atoms with Gasteiger partial charge in [-0.05, 0) is 17.7 Å². The molecule has 5 heteroatoms. The van der Waals surface area contributed by atoms with Gasteiger partial charge in [-0.1, -0.05) is 6.07 Å². The second kappa shape index (κ2) is 4.17. The molecule has 1 atom stereocenters. The lowest BCUT2D eigenvalue weighted by Crippen LogP contribution is -2.42. The Labute approximate surface area is 104 Å². The zero-order valence-electron chi connectivity index (χ0n) is 9.85. The summed E-state index contributed by atoms with van der Waals surface area (Å²) in [5.41, 5.74) is 0.155. The first-order valence-corrected chi connectivity index (χ1v) is 5.95. The first-order valence-electron chi connectivity index (χ1n) is 5.95. The summed E-state index contributed by atoms with van der Waals surface area (Å²) in [6.07, 6.45) is 0.700. The number of ether oxygens (including phenoxy) is 3. The molecule has 0 bridgehead atoms. The van der Waals surface area contributed by atoms with Crippen molar-refractivity contribution in [1.29, 1.82) is 0 Å². The van der Waals surface area contributed by atoms with E-state index in [1.165, 1.54) is 0 Å². The van der Waals surface area contributed by atoms with Gasteiger partial charge in [-0.3, -0.25) is 4.79 Å². The highest BCUT2D eigenvalue weighted by atomic mass is 16.6. The van der Waals surface area contributed by atoms with Gasteiger partial charge in [0.05, 0.1) is 13.0 Å². The molecule has 2 aliphatic heterocycles. The third-order valence-electron chi connectivity index (χ3n) is 3.39. The topological polar surface area (TPSA) is 65.0 Å². The van der Waals surface area contributed by atoms with Crippen LogP contribution in [0, 0.1) is 0 Å². The number of carbonyl (C=O) groups is 1. The summed E-state index contributed by atoms with van der Waals surface area (Å²) in [6, 6.07) is 5.50. The second-order valence-electron chi connectivity index (χ2n) is 4.52. The van der Waals surface area contributed by atoms with Crippen molar-refractivity contribution in [2.75, 3.05) is 19.8 Å². The molecule has 2 aliphatic rings. The number of carboxylic acids is 1. The zero-order chi connectivity index (χ0) is 12.6. The molecule has 5 nitrogen and oxygen atoms in total. The molecule has 18 heavy (non-hydrogen) atoms. The van der Waals surface area contributed by atoms with E-state index in [-0.39, 0.29) is 6.42 Å². The predicted molar refractivity (Wildman–Crippen MR) is 61.9 cm³/mol. The summed E-state index contributed by atoms with van der Waals surface area (Å²) in [5.74, 6) is 0.512. The minimum atomic E-state index is -0.857. The quantitative estimate of drug-likeness (QED) is 0.881. The van der Waals surface area contributed by atoms with Crippen molar-refractivity contribution >= 4 is 5.97 Å². The van der Waals surface area contributed by atoms with Gasteiger partial charge in [-0.25, -0.2) is 0 Å². The van der Waals surface area contributed by atoms with Gasteiger partial charge in [0.15, 0.2) is 11.5 Å². The van der Waals surface area contributed by atoms with Crippen LogP contribution >= 0.6 is 0 Å². The molecular weight excluding hydrogens is 236 g/mol. The molecule has 1 saturated heterocycles. The van der Waals surface area contributed by atoms with E-state index in [0.29, 0.717) is 31.3 Å². The standard InChI is InChI=1S/C13H14O5/c14-12(15)8-13(3-4-18-13)9-1-2-10-11(7-9)17-6-5-16-10/h1-2,7H,3-6,8H2,(H,14,15). The van der Waals surface area contributed by atoms with Gasteiger partial charge < -0.3 is 19.3 Å². The third-order valence-corrected chi connectivity index (χ3v) is 3.39. The van der Waals surface area contributed by atoms with E-state index < -0.39 is 11.6 Å². The minimum Gasteiger partial charge on any atom is -0.486 e. The summed E-state index contributed by atoms with van der Waals surface area (Å²) in [4.78, 5) is 10.9. The number of aliphatic carboxylic acids is 1. The first-order chi connectivity index (χ1) is 8.70. The molecule has 1 N–H and O–H groups in total. The van der Waals surface area contributed by atoms with Gasteiger partial charge in [0.25, 0.3) is 0 Å². The Bertz CT molecular complexity index is 478. The Hall–Kier alpha value is -1.75. The van der Waals surface area contributed by atoms with Crippen LogP contribution in [0.15, 0.2) is 18.2 Å². The lowest BCUT2D eigenvalue weighted by atomic mass is 9.83. The van der Waals surface area contributed by atoms with Crippen LogP contribution < -0.4 is 9.47 Å². The molecule has 1 aromatic carbocycles. The van der Waals surface area contributed by atoms with Crippen molar-refractivity contribution in [1.82, 2.24) is 0 Å². The van der Waals surface area contributed by atoms with E-state index in [0.717, 1.165) is 12.0 Å². The largest absolute Gasteiger partial charge is 0.486 e. The van der Waals surface area contributed by atoms with Gasteiger partial charge in [0.1, 0.15) is 18.8 Å². The predicted octanol–water partition coefficient (Wildman–Crippen LogP) is 1.55. The molecule has 1 unspecified atom stereocenters. The molecule has 0 saturated carbocycles. The second-order valence-corrected chi connectivity index (χ2v) is 4.52. The highest BCUT2D eigenvalue weighted by Crippen LogP contribution is 2.43. The molecule has 0 amide bonds. The van der Waals surface area contributed by atoms with Gasteiger partial charge in [-0.15, -0.1) is 0 Å². The van der Waals surface area contributed by atoms with Crippen molar-refractivity contribution in [3.63, 3.8) is 0 Å². The van der Waals surface area contributed by atoms with Gasteiger partial charge in [0, 0.05) is 6.42 Å². The summed E-state index contributed by atoms with van der Waals surface area (Å²) >= 11 is 0. The van der Waals surface area contributed by atoms with Crippen molar-refractivity contribution in [3.05, 3.63) is 23.8 Å². The number of benzene rings is 1. The van der Waals surface area contributed by atoms with Gasteiger partial charge in [-0.2, -0.15) is 0 Å². The summed E-state index contributed by atoms with van der Waals surface area (Å²) < 4.78 is 16.5. The first kappa shape index (κ1) is 11.3.